The van der Waals surface area contributed by atoms with Crippen molar-refractivity contribution in [3.63, 3.8) is 0 Å². The van der Waals surface area contributed by atoms with Crippen LogP contribution >= 0.6 is 0 Å². The van der Waals surface area contributed by atoms with Gasteiger partial charge in [0.2, 0.25) is 0 Å². The van der Waals surface area contributed by atoms with Crippen LogP contribution in [0.2, 0.25) is 0 Å². The van der Waals surface area contributed by atoms with Gasteiger partial charge in [-0.15, -0.1) is 0 Å². The topological polar surface area (TPSA) is 35.5 Å². The second kappa shape index (κ2) is 5.86. The van der Waals surface area contributed by atoms with Gasteiger partial charge in [-0.25, -0.2) is 0 Å². The number of nitrogens with one attached hydrogen (secondary N) is 1. The highest BCUT2D eigenvalue weighted by Gasteiger charge is 2.39. The normalized spacial score (nSPS) is 20.3. The Morgan fingerprint density at radius 1 is 0.852 bits per heavy atom. The molecule has 0 radical (unpaired) electrons. The molecule has 0 aliphatic carbocycles. The molecule has 0 fully saturated rings. The Hall–Kier alpha value is -3.30. The molecule has 0 bridgehead atoms. The highest BCUT2D eigenvalue weighted by Crippen LogP contribution is 2.45. The maximum absolute atomic E-state index is 11.7. The van der Waals surface area contributed by atoms with Gasteiger partial charge in [0.15, 0.2) is 0 Å². The number of anilines is 1. The first-order valence-corrected chi connectivity index (χ1v) is 9.10. The van der Waals surface area contributed by atoms with Crippen molar-refractivity contribution in [1.29, 1.82) is 0 Å². The predicted octanol–water partition coefficient (Wildman–Crippen LogP) is 4.49. The number of nitrogens with zero attached hydrogens (tertiary/aromatic N) is 1. The lowest BCUT2D eigenvalue weighted by Gasteiger charge is -2.36. The van der Waals surface area contributed by atoms with E-state index < -0.39 is 5.60 Å². The average molecular weight is 352 g/mol. The van der Waals surface area contributed by atoms with Gasteiger partial charge >= 0.3 is 0 Å². The molecule has 2 heterocycles. The van der Waals surface area contributed by atoms with Crippen LogP contribution in [-0.2, 0) is 5.60 Å². The molecule has 2 aliphatic rings. The van der Waals surface area contributed by atoms with E-state index >= 15 is 0 Å². The zero-order valence-corrected chi connectivity index (χ0v) is 15.1. The third kappa shape index (κ3) is 2.47. The molecule has 3 aromatic rings. The molecule has 3 aromatic carbocycles. The number of para-hydroxylation sites is 1. The molecule has 1 unspecified atom stereocenters. The summed E-state index contributed by atoms with van der Waals surface area (Å²) in [7, 11) is 0. The fourth-order valence-corrected chi connectivity index (χ4v) is 3.83. The molecule has 0 aromatic heterocycles. The van der Waals surface area contributed by atoms with Gasteiger partial charge in [-0.2, -0.15) is 0 Å². The Morgan fingerprint density at radius 2 is 1.56 bits per heavy atom. The third-order valence-electron chi connectivity index (χ3n) is 5.28. The summed E-state index contributed by atoms with van der Waals surface area (Å²) < 4.78 is 0. The van der Waals surface area contributed by atoms with Crippen molar-refractivity contribution in [3.8, 4) is 0 Å². The van der Waals surface area contributed by atoms with Crippen LogP contribution in [0.15, 0.2) is 97.0 Å². The van der Waals surface area contributed by atoms with Gasteiger partial charge in [-0.05, 0) is 30.2 Å². The van der Waals surface area contributed by atoms with Crippen molar-refractivity contribution in [2.45, 2.75) is 12.5 Å². The largest absolute Gasteiger partial charge is 0.376 e. The van der Waals surface area contributed by atoms with E-state index in [0.29, 0.717) is 0 Å². The molecule has 2 aliphatic heterocycles. The van der Waals surface area contributed by atoms with E-state index in [9.17, 15) is 5.11 Å². The van der Waals surface area contributed by atoms with Crippen LogP contribution in [0, 0.1) is 6.92 Å². The van der Waals surface area contributed by atoms with E-state index in [2.05, 4.69) is 47.6 Å². The number of aryl methyl sites for hydroxylation is 1. The lowest BCUT2D eigenvalue weighted by Crippen LogP contribution is -2.35. The first-order valence-electron chi connectivity index (χ1n) is 9.10. The molecule has 27 heavy (non-hydrogen) atoms. The highest BCUT2D eigenvalue weighted by molar-refractivity contribution is 5.80. The quantitative estimate of drug-likeness (QED) is 0.713. The Kier molecular flexibility index (Phi) is 3.46. The number of fused-ring (bicyclic) bond motifs is 3. The van der Waals surface area contributed by atoms with Crippen LogP contribution in [0.25, 0.3) is 5.70 Å². The average Bonchev–Trinajstić information content (AvgIpc) is 3.13. The van der Waals surface area contributed by atoms with Gasteiger partial charge in [0.1, 0.15) is 11.4 Å². The van der Waals surface area contributed by atoms with Crippen LogP contribution in [-0.4, -0.2) is 5.11 Å². The third-order valence-corrected chi connectivity index (χ3v) is 5.28. The van der Waals surface area contributed by atoms with Crippen LogP contribution in [0.5, 0.6) is 0 Å². The van der Waals surface area contributed by atoms with Gasteiger partial charge in [0.25, 0.3) is 0 Å². The summed E-state index contributed by atoms with van der Waals surface area (Å²) in [6, 6.07) is 26.3. The monoisotopic (exact) mass is 352 g/mol. The van der Waals surface area contributed by atoms with Gasteiger partial charge in [-0.1, -0.05) is 78.4 Å². The summed E-state index contributed by atoms with van der Waals surface area (Å²) >= 11 is 0. The molecule has 5 rings (SSSR count). The van der Waals surface area contributed by atoms with Gasteiger partial charge in [-0.3, -0.25) is 0 Å². The number of aliphatic hydroxyl groups is 1. The molecular formula is C24H20N2O. The van der Waals surface area contributed by atoms with E-state index in [1.807, 2.05) is 60.7 Å². The standard InChI is InChI=1S/C24H20N2O/c1-17-11-13-18(14-12-17)21-16-26-22-10-6-5-9-20(22)24(27,15-23(26)25-21)19-7-3-2-4-8-19/h2-16,25,27H,1H3. The van der Waals surface area contributed by atoms with E-state index in [1.54, 1.807) is 0 Å². The van der Waals surface area contributed by atoms with E-state index in [1.165, 1.54) is 5.56 Å². The Balaban J connectivity index is 1.65. The lowest BCUT2D eigenvalue weighted by atomic mass is 9.83. The number of hydrogen-bond donors (Lipinski definition) is 2. The molecular weight excluding hydrogens is 332 g/mol. The zero-order valence-electron chi connectivity index (χ0n) is 15.1. The molecule has 2 N–H and O–H groups in total. The minimum Gasteiger partial charge on any atom is -0.376 e. The fourth-order valence-electron chi connectivity index (χ4n) is 3.83. The summed E-state index contributed by atoms with van der Waals surface area (Å²) in [6.07, 6.45) is 4.00. The second-order valence-corrected chi connectivity index (χ2v) is 7.08. The zero-order chi connectivity index (χ0) is 18.4. The summed E-state index contributed by atoms with van der Waals surface area (Å²) in [5.74, 6) is 0.871. The molecule has 3 heteroatoms. The maximum atomic E-state index is 11.7. The van der Waals surface area contributed by atoms with Crippen molar-refractivity contribution in [1.82, 2.24) is 5.32 Å². The van der Waals surface area contributed by atoms with Crippen LogP contribution < -0.4 is 10.2 Å². The minimum atomic E-state index is -1.17. The van der Waals surface area contributed by atoms with Crippen LogP contribution in [0.3, 0.4) is 0 Å². The fraction of sp³-hybridized carbons (Fsp3) is 0.0833. The maximum Gasteiger partial charge on any atom is 0.139 e. The minimum absolute atomic E-state index is 0.857. The molecule has 0 spiro atoms. The van der Waals surface area contributed by atoms with Crippen molar-refractivity contribution < 1.29 is 5.11 Å². The van der Waals surface area contributed by atoms with Crippen LogP contribution in [0.4, 0.5) is 5.69 Å². The van der Waals surface area contributed by atoms with E-state index in [4.69, 9.17) is 0 Å². The summed E-state index contributed by atoms with van der Waals surface area (Å²) in [5.41, 5.74) is 4.92. The smallest absolute Gasteiger partial charge is 0.139 e. The van der Waals surface area contributed by atoms with Gasteiger partial charge < -0.3 is 15.3 Å². The van der Waals surface area contributed by atoms with Gasteiger partial charge in [0.05, 0.1) is 11.4 Å². The molecule has 132 valence electrons. The molecule has 3 nitrogen and oxygen atoms in total. The number of hydrogen-bond acceptors (Lipinski definition) is 3. The van der Waals surface area contributed by atoms with Crippen LogP contribution in [0.1, 0.15) is 22.3 Å². The summed E-state index contributed by atoms with van der Waals surface area (Å²) in [5, 5.41) is 15.2. The summed E-state index contributed by atoms with van der Waals surface area (Å²) in [6.45, 7) is 2.09. The van der Waals surface area contributed by atoms with E-state index in [-0.39, 0.29) is 0 Å². The number of benzene rings is 3. The van der Waals surface area contributed by atoms with Crippen molar-refractivity contribution in [2.24, 2.45) is 0 Å². The first kappa shape index (κ1) is 15.9. The first-order chi connectivity index (χ1) is 13.1. The Bertz CT molecular complexity index is 1070. The molecule has 1 atom stereocenters. The Labute approximate surface area is 158 Å². The second-order valence-electron chi connectivity index (χ2n) is 7.08. The lowest BCUT2D eigenvalue weighted by molar-refractivity contribution is 0.132. The van der Waals surface area contributed by atoms with Crippen molar-refractivity contribution >= 4 is 11.4 Å². The predicted molar refractivity (Wildman–Crippen MR) is 109 cm³/mol. The molecule has 0 saturated heterocycles. The molecule has 0 amide bonds. The SMILES string of the molecule is Cc1ccc(C2=CN3C(=CC(O)(c4ccccc4)c4ccccc43)N2)cc1. The summed E-state index contributed by atoms with van der Waals surface area (Å²) in [4.78, 5) is 2.11. The van der Waals surface area contributed by atoms with E-state index in [0.717, 1.165) is 33.9 Å². The van der Waals surface area contributed by atoms with Crippen molar-refractivity contribution in [2.75, 3.05) is 4.90 Å². The highest BCUT2D eigenvalue weighted by atomic mass is 16.3. The molecule has 0 saturated carbocycles. The number of rotatable bonds is 2. The van der Waals surface area contributed by atoms with Crippen molar-refractivity contribution in [3.05, 3.63) is 119 Å². The Morgan fingerprint density at radius 3 is 2.33 bits per heavy atom. The van der Waals surface area contributed by atoms with Gasteiger partial charge in [0, 0.05) is 11.8 Å².